The summed E-state index contributed by atoms with van der Waals surface area (Å²) in [5.74, 6) is 0.653. The predicted octanol–water partition coefficient (Wildman–Crippen LogP) is 5.14. The lowest BCUT2D eigenvalue weighted by molar-refractivity contribution is 0.219. The van der Waals surface area contributed by atoms with Gasteiger partial charge in [0.2, 0.25) is 0 Å². The number of pyridine rings is 1. The molecule has 0 saturated heterocycles. The number of rotatable bonds is 10. The molecule has 1 aromatic carbocycles. The topological polar surface area (TPSA) is 89.9 Å². The highest BCUT2D eigenvalue weighted by Gasteiger charge is 2.30. The molecule has 0 aliphatic carbocycles. The van der Waals surface area contributed by atoms with Gasteiger partial charge in [-0.3, -0.25) is 9.55 Å². The normalized spacial score (nSPS) is 12.6. The van der Waals surface area contributed by atoms with Gasteiger partial charge in [-0.25, -0.2) is 0 Å². The van der Waals surface area contributed by atoms with E-state index in [1.54, 1.807) is 33.9 Å². The molecule has 2 aromatic rings. The average molecular weight is 422 g/mol. The summed E-state index contributed by atoms with van der Waals surface area (Å²) >= 11 is 0. The van der Waals surface area contributed by atoms with E-state index in [9.17, 15) is 9.67 Å². The molecule has 0 radical (unpaired) electrons. The number of hydrogen-bond acceptors (Lipinski definition) is 7. The third kappa shape index (κ3) is 5.95. The summed E-state index contributed by atoms with van der Waals surface area (Å²) < 4.78 is 29.6. The summed E-state index contributed by atoms with van der Waals surface area (Å²) in [5, 5.41) is 13.8. The van der Waals surface area contributed by atoms with Crippen LogP contribution in [0.2, 0.25) is 0 Å². The first-order valence-electron chi connectivity index (χ1n) is 9.69. The summed E-state index contributed by atoms with van der Waals surface area (Å²) in [5.41, 5.74) is 3.89. The first-order valence-corrected chi connectivity index (χ1v) is 11.4. The van der Waals surface area contributed by atoms with Crippen LogP contribution in [0.1, 0.15) is 42.4 Å². The molecule has 160 valence electrons. The van der Waals surface area contributed by atoms with Crippen LogP contribution < -0.4 is 10.1 Å². The Morgan fingerprint density at radius 3 is 2.34 bits per heavy atom. The Morgan fingerprint density at radius 1 is 1.14 bits per heavy atom. The zero-order valence-corrected chi connectivity index (χ0v) is 18.9. The van der Waals surface area contributed by atoms with E-state index in [2.05, 4.69) is 10.3 Å². The number of aryl methyl sites for hydroxylation is 2. The van der Waals surface area contributed by atoms with Crippen molar-refractivity contribution in [3.05, 3.63) is 46.8 Å². The number of benzene rings is 1. The summed E-state index contributed by atoms with van der Waals surface area (Å²) in [7, 11) is -1.81. The van der Waals surface area contributed by atoms with Crippen molar-refractivity contribution < 1.29 is 23.5 Å². The van der Waals surface area contributed by atoms with Gasteiger partial charge in [0.25, 0.3) is 0 Å². The standard InChI is InChI=1S/C21H31N2O5P/c1-7-27-29(25,28-8-2)13-19(23-18-10-9-14(3)22-16(18)5)17-11-20(24)15(4)21(12-17)26-6/h9-12,19,23-24H,7-8,13H2,1-6H3. The summed E-state index contributed by atoms with van der Waals surface area (Å²) in [6.45, 7) is 9.72. The van der Waals surface area contributed by atoms with Crippen LogP contribution in [0.5, 0.6) is 11.5 Å². The van der Waals surface area contributed by atoms with E-state index >= 15 is 0 Å². The first-order chi connectivity index (χ1) is 13.7. The van der Waals surface area contributed by atoms with Gasteiger partial charge in [0.1, 0.15) is 11.5 Å². The number of aromatic hydroxyl groups is 1. The van der Waals surface area contributed by atoms with Crippen LogP contribution >= 0.6 is 7.60 Å². The van der Waals surface area contributed by atoms with Gasteiger partial charge in [0.05, 0.1) is 43.9 Å². The molecule has 1 aromatic heterocycles. The van der Waals surface area contributed by atoms with Crippen molar-refractivity contribution in [2.45, 2.75) is 40.7 Å². The molecule has 1 heterocycles. The fourth-order valence-corrected chi connectivity index (χ4v) is 4.95. The predicted molar refractivity (Wildman–Crippen MR) is 115 cm³/mol. The Balaban J connectivity index is 2.50. The highest BCUT2D eigenvalue weighted by molar-refractivity contribution is 7.53. The zero-order chi connectivity index (χ0) is 21.6. The lowest BCUT2D eigenvalue weighted by Crippen LogP contribution is -2.18. The molecule has 0 fully saturated rings. The first kappa shape index (κ1) is 23.2. The monoisotopic (exact) mass is 422 g/mol. The highest BCUT2D eigenvalue weighted by Crippen LogP contribution is 2.51. The van der Waals surface area contributed by atoms with Gasteiger partial charge in [-0.2, -0.15) is 0 Å². The minimum Gasteiger partial charge on any atom is -0.508 e. The molecule has 0 saturated carbocycles. The van der Waals surface area contributed by atoms with Crippen LogP contribution in [0.4, 0.5) is 5.69 Å². The SMILES string of the molecule is CCOP(=O)(CC(Nc1ccc(C)nc1C)c1cc(O)c(C)c(OC)c1)OCC. The van der Waals surface area contributed by atoms with Crippen molar-refractivity contribution >= 4 is 13.3 Å². The van der Waals surface area contributed by atoms with Crippen LogP contribution in [0.3, 0.4) is 0 Å². The lowest BCUT2D eigenvalue weighted by atomic mass is 10.0. The molecular formula is C21H31N2O5P. The molecule has 0 spiro atoms. The highest BCUT2D eigenvalue weighted by atomic mass is 31.2. The Hall–Kier alpha value is -2.08. The maximum atomic E-state index is 13.2. The van der Waals surface area contributed by atoms with E-state index in [1.165, 1.54) is 0 Å². The van der Waals surface area contributed by atoms with Gasteiger partial charge < -0.3 is 24.2 Å². The van der Waals surface area contributed by atoms with E-state index in [0.717, 1.165) is 17.1 Å². The Morgan fingerprint density at radius 2 is 1.79 bits per heavy atom. The summed E-state index contributed by atoms with van der Waals surface area (Å²) in [6.07, 6.45) is 0.0909. The molecule has 8 heteroatoms. The number of nitrogens with zero attached hydrogens (tertiary/aromatic N) is 1. The maximum Gasteiger partial charge on any atom is 0.333 e. The fraction of sp³-hybridized carbons (Fsp3) is 0.476. The zero-order valence-electron chi connectivity index (χ0n) is 18.0. The van der Waals surface area contributed by atoms with Gasteiger partial charge in [0.15, 0.2) is 0 Å². The molecule has 7 nitrogen and oxygen atoms in total. The van der Waals surface area contributed by atoms with Gasteiger partial charge >= 0.3 is 7.60 Å². The van der Waals surface area contributed by atoms with E-state index in [-0.39, 0.29) is 25.1 Å². The van der Waals surface area contributed by atoms with Crippen molar-refractivity contribution in [1.82, 2.24) is 4.98 Å². The summed E-state index contributed by atoms with van der Waals surface area (Å²) in [6, 6.07) is 6.86. The second kappa shape index (κ2) is 10.1. The van der Waals surface area contributed by atoms with Gasteiger partial charge in [-0.1, -0.05) is 0 Å². The van der Waals surface area contributed by atoms with Crippen molar-refractivity contribution in [2.75, 3.05) is 31.8 Å². The molecule has 0 amide bonds. The molecule has 1 unspecified atom stereocenters. The fourth-order valence-electron chi connectivity index (χ4n) is 3.13. The Kier molecular flexibility index (Phi) is 8.08. The minimum absolute atomic E-state index is 0.0909. The van der Waals surface area contributed by atoms with Crippen molar-refractivity contribution in [2.24, 2.45) is 0 Å². The maximum absolute atomic E-state index is 13.2. The lowest BCUT2D eigenvalue weighted by Gasteiger charge is -2.26. The quantitative estimate of drug-likeness (QED) is 0.512. The molecule has 1 atom stereocenters. The average Bonchev–Trinajstić information content (AvgIpc) is 2.65. The largest absolute Gasteiger partial charge is 0.508 e. The van der Waals surface area contributed by atoms with Gasteiger partial charge in [-0.05, 0) is 64.4 Å². The van der Waals surface area contributed by atoms with Gasteiger partial charge in [0, 0.05) is 11.3 Å². The molecule has 29 heavy (non-hydrogen) atoms. The molecule has 2 N–H and O–H groups in total. The molecular weight excluding hydrogens is 391 g/mol. The second-order valence-corrected chi connectivity index (χ2v) is 8.88. The van der Waals surface area contributed by atoms with Crippen molar-refractivity contribution in [1.29, 1.82) is 0 Å². The number of nitrogens with one attached hydrogen (secondary N) is 1. The van der Waals surface area contributed by atoms with Crippen LogP contribution in [0.15, 0.2) is 24.3 Å². The smallest absolute Gasteiger partial charge is 0.333 e. The van der Waals surface area contributed by atoms with E-state index in [4.69, 9.17) is 13.8 Å². The van der Waals surface area contributed by atoms with E-state index in [1.807, 2.05) is 32.0 Å². The molecule has 2 rings (SSSR count). The van der Waals surface area contributed by atoms with Crippen molar-refractivity contribution in [3.8, 4) is 11.5 Å². The molecule has 0 aliphatic heterocycles. The third-order valence-corrected chi connectivity index (χ3v) is 6.71. The second-order valence-electron chi connectivity index (χ2n) is 6.78. The Labute approximate surface area is 173 Å². The van der Waals surface area contributed by atoms with Crippen LogP contribution in [0.25, 0.3) is 0 Å². The number of ether oxygens (including phenoxy) is 1. The van der Waals surface area contributed by atoms with Crippen LogP contribution in [-0.4, -0.2) is 36.6 Å². The summed E-state index contributed by atoms with van der Waals surface area (Å²) in [4.78, 5) is 4.49. The minimum atomic E-state index is -3.36. The van der Waals surface area contributed by atoms with Crippen LogP contribution in [0, 0.1) is 20.8 Å². The van der Waals surface area contributed by atoms with E-state index in [0.29, 0.717) is 16.9 Å². The number of phenolic OH excluding ortho intramolecular Hbond substituents is 1. The van der Waals surface area contributed by atoms with Crippen molar-refractivity contribution in [3.63, 3.8) is 0 Å². The number of hydrogen-bond donors (Lipinski definition) is 2. The van der Waals surface area contributed by atoms with Crippen LogP contribution in [-0.2, 0) is 13.6 Å². The number of phenols is 1. The third-order valence-electron chi connectivity index (χ3n) is 4.59. The van der Waals surface area contributed by atoms with Gasteiger partial charge in [-0.15, -0.1) is 0 Å². The van der Waals surface area contributed by atoms with E-state index < -0.39 is 13.6 Å². The molecule has 0 aliphatic rings. The number of aromatic nitrogens is 1. The number of anilines is 1. The molecule has 0 bridgehead atoms. The number of methoxy groups -OCH3 is 1. The Bertz CT molecular complexity index is 878.